The van der Waals surface area contributed by atoms with Gasteiger partial charge in [-0.1, -0.05) is 41.1 Å². The largest absolute Gasteiger partial charge is 0.308 e. The molecule has 1 aromatic carbocycles. The molecule has 0 saturated carbocycles. The highest BCUT2D eigenvalue weighted by Crippen LogP contribution is 2.23. The van der Waals surface area contributed by atoms with Crippen molar-refractivity contribution in [3.63, 3.8) is 0 Å². The Balaban J connectivity index is 2.22. The first-order valence-electron chi connectivity index (χ1n) is 7.24. The molecule has 0 amide bonds. The van der Waals surface area contributed by atoms with Crippen molar-refractivity contribution >= 4 is 15.9 Å². The summed E-state index contributed by atoms with van der Waals surface area (Å²) in [4.78, 5) is 0. The van der Waals surface area contributed by atoms with Gasteiger partial charge in [-0.25, -0.2) is 0 Å². The molecule has 1 atom stereocenters. The second-order valence-electron chi connectivity index (χ2n) is 4.87. The summed E-state index contributed by atoms with van der Waals surface area (Å²) in [5.41, 5.74) is 2.58. The lowest BCUT2D eigenvalue weighted by atomic mass is 10.0. The second-order valence-corrected chi connectivity index (χ2v) is 5.73. The fourth-order valence-corrected chi connectivity index (χ4v) is 2.83. The Labute approximate surface area is 129 Å². The zero-order valence-corrected chi connectivity index (χ0v) is 13.7. The van der Waals surface area contributed by atoms with Gasteiger partial charge >= 0.3 is 0 Å². The predicted molar refractivity (Wildman–Crippen MR) is 86.8 cm³/mol. The molecule has 3 nitrogen and oxygen atoms in total. The van der Waals surface area contributed by atoms with E-state index >= 15 is 0 Å². The van der Waals surface area contributed by atoms with E-state index in [-0.39, 0.29) is 0 Å². The van der Waals surface area contributed by atoms with Crippen LogP contribution in [0.2, 0.25) is 0 Å². The van der Waals surface area contributed by atoms with Gasteiger partial charge in [0.25, 0.3) is 0 Å². The van der Waals surface area contributed by atoms with Gasteiger partial charge in [0.15, 0.2) is 0 Å². The molecule has 0 spiro atoms. The first-order valence-corrected chi connectivity index (χ1v) is 8.04. The van der Waals surface area contributed by atoms with Crippen molar-refractivity contribution in [2.24, 2.45) is 0 Å². The molecule has 0 aliphatic rings. The van der Waals surface area contributed by atoms with E-state index in [0.717, 1.165) is 25.9 Å². The third kappa shape index (κ3) is 3.70. The zero-order chi connectivity index (χ0) is 14.4. The maximum Gasteiger partial charge on any atom is 0.0556 e. The van der Waals surface area contributed by atoms with Crippen LogP contribution >= 0.6 is 15.9 Å². The van der Waals surface area contributed by atoms with Crippen LogP contribution in [0.25, 0.3) is 0 Å². The second kappa shape index (κ2) is 7.60. The lowest BCUT2D eigenvalue weighted by Gasteiger charge is -2.20. The summed E-state index contributed by atoms with van der Waals surface area (Å²) in [5, 5.41) is 8.03. The third-order valence-corrected chi connectivity index (χ3v) is 4.20. The standard InChI is InChI=1S/C16H22BrN3/c1-3-10-18-15(16-9-11-19-20(16)4-2)12-13-7-5-6-8-14(13)17/h5-9,11,15,18H,3-4,10,12H2,1-2H3. The summed E-state index contributed by atoms with van der Waals surface area (Å²) in [6.45, 7) is 6.25. The number of nitrogens with zero attached hydrogens (tertiary/aromatic N) is 2. The number of aryl methyl sites for hydroxylation is 1. The van der Waals surface area contributed by atoms with E-state index < -0.39 is 0 Å². The Kier molecular flexibility index (Phi) is 5.80. The summed E-state index contributed by atoms with van der Waals surface area (Å²) in [7, 11) is 0. The van der Waals surface area contributed by atoms with Crippen LogP contribution in [0.3, 0.4) is 0 Å². The van der Waals surface area contributed by atoms with Crippen LogP contribution in [0.15, 0.2) is 41.0 Å². The smallest absolute Gasteiger partial charge is 0.0556 e. The van der Waals surface area contributed by atoms with E-state index in [9.17, 15) is 0 Å². The summed E-state index contributed by atoms with van der Waals surface area (Å²) < 4.78 is 3.25. The fraction of sp³-hybridized carbons (Fsp3) is 0.438. The lowest BCUT2D eigenvalue weighted by Crippen LogP contribution is -2.26. The number of rotatable bonds is 7. The zero-order valence-electron chi connectivity index (χ0n) is 12.1. The number of nitrogens with one attached hydrogen (secondary N) is 1. The van der Waals surface area contributed by atoms with Crippen LogP contribution in [-0.2, 0) is 13.0 Å². The predicted octanol–water partition coefficient (Wildman–Crippen LogP) is 3.95. The maximum absolute atomic E-state index is 4.39. The Morgan fingerprint density at radius 1 is 1.25 bits per heavy atom. The van der Waals surface area contributed by atoms with Gasteiger partial charge in [0.1, 0.15) is 0 Å². The van der Waals surface area contributed by atoms with Gasteiger partial charge in [-0.15, -0.1) is 0 Å². The van der Waals surface area contributed by atoms with Crippen molar-refractivity contribution in [2.75, 3.05) is 6.54 Å². The van der Waals surface area contributed by atoms with Crippen molar-refractivity contribution in [2.45, 2.75) is 39.3 Å². The molecule has 1 heterocycles. The quantitative estimate of drug-likeness (QED) is 0.830. The van der Waals surface area contributed by atoms with Gasteiger partial charge in [-0.05, 0) is 44.0 Å². The average Bonchev–Trinajstić information content (AvgIpc) is 2.93. The van der Waals surface area contributed by atoms with Crippen molar-refractivity contribution in [1.82, 2.24) is 15.1 Å². The number of hydrogen-bond donors (Lipinski definition) is 1. The number of halogens is 1. The fourth-order valence-electron chi connectivity index (χ4n) is 2.39. The van der Waals surface area contributed by atoms with Crippen molar-refractivity contribution < 1.29 is 0 Å². The molecule has 1 unspecified atom stereocenters. The van der Waals surface area contributed by atoms with Gasteiger partial charge in [0.2, 0.25) is 0 Å². The van der Waals surface area contributed by atoms with Gasteiger partial charge in [0.05, 0.1) is 11.7 Å². The van der Waals surface area contributed by atoms with Crippen LogP contribution in [0.1, 0.15) is 37.6 Å². The molecule has 0 radical (unpaired) electrons. The minimum absolute atomic E-state index is 0.302. The van der Waals surface area contributed by atoms with Crippen molar-refractivity contribution in [3.05, 3.63) is 52.3 Å². The highest BCUT2D eigenvalue weighted by atomic mass is 79.9. The van der Waals surface area contributed by atoms with Gasteiger partial charge in [-0.3, -0.25) is 4.68 Å². The van der Waals surface area contributed by atoms with E-state index in [1.165, 1.54) is 15.7 Å². The molecule has 2 rings (SSSR count). The van der Waals surface area contributed by atoms with E-state index in [2.05, 4.69) is 75.2 Å². The Hall–Kier alpha value is -1.13. The minimum Gasteiger partial charge on any atom is -0.308 e. The highest BCUT2D eigenvalue weighted by molar-refractivity contribution is 9.10. The van der Waals surface area contributed by atoms with Crippen LogP contribution in [-0.4, -0.2) is 16.3 Å². The Morgan fingerprint density at radius 3 is 2.75 bits per heavy atom. The van der Waals surface area contributed by atoms with Crippen LogP contribution in [0, 0.1) is 0 Å². The van der Waals surface area contributed by atoms with Crippen LogP contribution < -0.4 is 5.32 Å². The summed E-state index contributed by atoms with van der Waals surface area (Å²) in [6, 6.07) is 10.8. The summed E-state index contributed by atoms with van der Waals surface area (Å²) >= 11 is 3.64. The molecule has 108 valence electrons. The molecule has 20 heavy (non-hydrogen) atoms. The molecule has 2 aromatic rings. The average molecular weight is 336 g/mol. The van der Waals surface area contributed by atoms with Crippen LogP contribution in [0.5, 0.6) is 0 Å². The third-order valence-electron chi connectivity index (χ3n) is 3.43. The topological polar surface area (TPSA) is 29.9 Å². The van der Waals surface area contributed by atoms with E-state index in [1.807, 2.05) is 6.20 Å². The Bertz CT molecular complexity index is 536. The first kappa shape index (κ1) is 15.3. The maximum atomic E-state index is 4.39. The first-order chi connectivity index (χ1) is 9.76. The summed E-state index contributed by atoms with van der Waals surface area (Å²) in [5.74, 6) is 0. The molecule has 0 saturated heterocycles. The van der Waals surface area contributed by atoms with Gasteiger partial charge in [-0.2, -0.15) is 5.10 Å². The summed E-state index contributed by atoms with van der Waals surface area (Å²) in [6.07, 6.45) is 3.99. The molecule has 0 aliphatic heterocycles. The number of benzene rings is 1. The highest BCUT2D eigenvalue weighted by Gasteiger charge is 2.16. The molecular weight excluding hydrogens is 314 g/mol. The lowest BCUT2D eigenvalue weighted by molar-refractivity contribution is 0.478. The monoisotopic (exact) mass is 335 g/mol. The van der Waals surface area contributed by atoms with E-state index in [0.29, 0.717) is 6.04 Å². The molecular formula is C16H22BrN3. The Morgan fingerprint density at radius 2 is 2.05 bits per heavy atom. The van der Waals surface area contributed by atoms with Crippen molar-refractivity contribution in [3.8, 4) is 0 Å². The van der Waals surface area contributed by atoms with Gasteiger partial charge in [0, 0.05) is 17.2 Å². The van der Waals surface area contributed by atoms with E-state index in [1.54, 1.807) is 0 Å². The van der Waals surface area contributed by atoms with E-state index in [4.69, 9.17) is 0 Å². The molecule has 0 fully saturated rings. The van der Waals surface area contributed by atoms with Crippen molar-refractivity contribution in [1.29, 1.82) is 0 Å². The molecule has 0 bridgehead atoms. The molecule has 4 heteroatoms. The van der Waals surface area contributed by atoms with Gasteiger partial charge < -0.3 is 5.32 Å². The van der Waals surface area contributed by atoms with Crippen LogP contribution in [0.4, 0.5) is 0 Å². The normalized spacial score (nSPS) is 12.6. The molecule has 0 aliphatic carbocycles. The minimum atomic E-state index is 0.302. The number of aromatic nitrogens is 2. The molecule has 1 aromatic heterocycles. The SMILES string of the molecule is CCCNC(Cc1ccccc1Br)c1ccnn1CC. The number of hydrogen-bond acceptors (Lipinski definition) is 2. The molecule has 1 N–H and O–H groups in total.